The molecule has 1 amide bonds. The van der Waals surface area contributed by atoms with Crippen LogP contribution in [0.5, 0.6) is 11.5 Å². The number of amides is 1. The summed E-state index contributed by atoms with van der Waals surface area (Å²) in [6.45, 7) is 4.78. The molecule has 2 rings (SSSR count). The zero-order chi connectivity index (χ0) is 20.0. The summed E-state index contributed by atoms with van der Waals surface area (Å²) in [6, 6.07) is 4.85. The van der Waals surface area contributed by atoms with Crippen LogP contribution in [-0.4, -0.2) is 43.7 Å². The zero-order valence-electron chi connectivity index (χ0n) is 16.3. The Hall–Kier alpha value is -2.54. The van der Waals surface area contributed by atoms with Crippen molar-refractivity contribution in [3.63, 3.8) is 0 Å². The molecule has 0 fully saturated rings. The van der Waals surface area contributed by atoms with Gasteiger partial charge < -0.3 is 19.7 Å². The number of carbonyl (C=O) groups excluding carboxylic acids is 1. The second-order valence-electron chi connectivity index (χ2n) is 6.11. The molecule has 0 radical (unpaired) electrons. The minimum absolute atomic E-state index is 0.275. The van der Waals surface area contributed by atoms with Crippen molar-refractivity contribution >= 4 is 29.1 Å². The van der Waals surface area contributed by atoms with Gasteiger partial charge in [0.05, 0.1) is 24.9 Å². The topological polar surface area (TPSA) is 76.6 Å². The van der Waals surface area contributed by atoms with Gasteiger partial charge in [0, 0.05) is 31.4 Å². The number of carbonyl (C=O) groups is 1. The number of hydrogen-bond donors (Lipinski definition) is 1. The van der Waals surface area contributed by atoms with E-state index < -0.39 is 0 Å². The molecule has 27 heavy (non-hydrogen) atoms. The lowest BCUT2D eigenvalue weighted by Crippen LogP contribution is -2.23. The van der Waals surface area contributed by atoms with Crippen LogP contribution in [0.4, 0.5) is 11.6 Å². The number of rotatable bonds is 8. The average molecular weight is 393 g/mol. The van der Waals surface area contributed by atoms with Crippen LogP contribution in [0, 0.1) is 6.92 Å². The Kier molecular flexibility index (Phi) is 7.24. The Morgan fingerprint density at radius 1 is 1.19 bits per heavy atom. The minimum Gasteiger partial charge on any atom is -0.495 e. The quantitative estimate of drug-likeness (QED) is 0.733. The summed E-state index contributed by atoms with van der Waals surface area (Å²) in [7, 11) is 4.92. The van der Waals surface area contributed by atoms with E-state index in [4.69, 9.17) is 21.1 Å². The fourth-order valence-corrected chi connectivity index (χ4v) is 2.71. The number of halogens is 1. The third-order valence-electron chi connectivity index (χ3n) is 3.99. The number of hydrogen-bond acceptors (Lipinski definition) is 6. The van der Waals surface area contributed by atoms with Crippen molar-refractivity contribution in [2.75, 3.05) is 38.0 Å². The number of anilines is 2. The maximum Gasteiger partial charge on any atom is 0.274 e. The van der Waals surface area contributed by atoms with Crippen molar-refractivity contribution in [3.05, 3.63) is 34.6 Å². The zero-order valence-corrected chi connectivity index (χ0v) is 17.1. The molecule has 0 atom stereocenters. The van der Waals surface area contributed by atoms with Gasteiger partial charge in [-0.3, -0.25) is 4.79 Å². The number of nitrogens with zero attached hydrogens (tertiary/aromatic N) is 3. The van der Waals surface area contributed by atoms with Gasteiger partial charge in [-0.1, -0.05) is 24.9 Å². The van der Waals surface area contributed by atoms with Crippen molar-refractivity contribution in [2.45, 2.75) is 26.7 Å². The summed E-state index contributed by atoms with van der Waals surface area (Å²) in [6.07, 6.45) is 2.10. The predicted octanol–water partition coefficient (Wildman–Crippen LogP) is 3.94. The van der Waals surface area contributed by atoms with Gasteiger partial charge in [-0.25, -0.2) is 9.97 Å². The molecule has 0 unspecified atom stereocenters. The molecule has 0 aliphatic carbocycles. The van der Waals surface area contributed by atoms with E-state index in [1.165, 1.54) is 14.2 Å². The average Bonchev–Trinajstić information content (AvgIpc) is 2.66. The molecule has 1 aromatic heterocycles. The van der Waals surface area contributed by atoms with Gasteiger partial charge in [0.25, 0.3) is 5.91 Å². The molecule has 7 nitrogen and oxygen atoms in total. The number of nitrogens with one attached hydrogen (secondary N) is 1. The largest absolute Gasteiger partial charge is 0.495 e. The van der Waals surface area contributed by atoms with E-state index in [2.05, 4.69) is 22.2 Å². The van der Waals surface area contributed by atoms with E-state index in [-0.39, 0.29) is 11.6 Å². The first kappa shape index (κ1) is 20.8. The summed E-state index contributed by atoms with van der Waals surface area (Å²) in [4.78, 5) is 23.5. The first-order chi connectivity index (χ1) is 12.9. The van der Waals surface area contributed by atoms with Crippen LogP contribution in [0.25, 0.3) is 0 Å². The standard InChI is InChI=1S/C19H25ClN4O3/c1-6-7-8-24(3)19-21-12(2)9-15(23-19)18(25)22-14-11-16(26-4)13(20)10-17(14)27-5/h9-11H,6-8H2,1-5H3,(H,22,25). The maximum atomic E-state index is 12.8. The van der Waals surface area contributed by atoms with Crippen molar-refractivity contribution in [1.82, 2.24) is 9.97 Å². The molecule has 0 aliphatic heterocycles. The normalized spacial score (nSPS) is 10.4. The summed E-state index contributed by atoms with van der Waals surface area (Å²) < 4.78 is 10.5. The number of ether oxygens (including phenoxy) is 2. The van der Waals surface area contributed by atoms with Gasteiger partial charge >= 0.3 is 0 Å². The van der Waals surface area contributed by atoms with Crippen LogP contribution < -0.4 is 19.7 Å². The van der Waals surface area contributed by atoms with Crippen LogP contribution in [0.15, 0.2) is 18.2 Å². The summed E-state index contributed by atoms with van der Waals surface area (Å²) >= 11 is 6.11. The highest BCUT2D eigenvalue weighted by molar-refractivity contribution is 6.32. The van der Waals surface area contributed by atoms with E-state index in [0.717, 1.165) is 19.4 Å². The third-order valence-corrected chi connectivity index (χ3v) is 4.28. The minimum atomic E-state index is -0.367. The second-order valence-corrected chi connectivity index (χ2v) is 6.52. The lowest BCUT2D eigenvalue weighted by atomic mass is 10.2. The van der Waals surface area contributed by atoms with Crippen molar-refractivity contribution in [2.24, 2.45) is 0 Å². The van der Waals surface area contributed by atoms with Crippen LogP contribution in [0.1, 0.15) is 35.9 Å². The Morgan fingerprint density at radius 3 is 2.52 bits per heavy atom. The Bertz CT molecular complexity index is 814. The second kappa shape index (κ2) is 9.41. The number of aryl methyl sites for hydroxylation is 1. The molecule has 0 spiro atoms. The van der Waals surface area contributed by atoms with E-state index in [1.807, 2.05) is 18.9 Å². The highest BCUT2D eigenvalue weighted by Crippen LogP contribution is 2.36. The third kappa shape index (κ3) is 5.23. The SMILES string of the molecule is CCCCN(C)c1nc(C)cc(C(=O)Nc2cc(OC)c(Cl)cc2OC)n1. The summed E-state index contributed by atoms with van der Waals surface area (Å²) in [5.41, 5.74) is 1.44. The lowest BCUT2D eigenvalue weighted by Gasteiger charge is -2.18. The van der Waals surface area contributed by atoms with Gasteiger partial charge in [-0.2, -0.15) is 0 Å². The molecule has 0 bridgehead atoms. The molecular weight excluding hydrogens is 368 g/mol. The number of methoxy groups -OCH3 is 2. The van der Waals surface area contributed by atoms with Crippen LogP contribution >= 0.6 is 11.6 Å². The van der Waals surface area contributed by atoms with E-state index in [9.17, 15) is 4.79 Å². The molecule has 0 saturated heterocycles. The summed E-state index contributed by atoms with van der Waals surface area (Å²) in [5.74, 6) is 1.02. The molecule has 2 aromatic rings. The van der Waals surface area contributed by atoms with Crippen LogP contribution in [0.2, 0.25) is 5.02 Å². The Labute approximate surface area is 164 Å². The predicted molar refractivity (Wildman–Crippen MR) is 107 cm³/mol. The molecule has 1 N–H and O–H groups in total. The highest BCUT2D eigenvalue weighted by Gasteiger charge is 2.17. The first-order valence-electron chi connectivity index (χ1n) is 8.69. The fraction of sp³-hybridized carbons (Fsp3) is 0.421. The van der Waals surface area contributed by atoms with Crippen molar-refractivity contribution in [3.8, 4) is 11.5 Å². The fourth-order valence-electron chi connectivity index (χ4n) is 2.48. The van der Waals surface area contributed by atoms with Gasteiger partial charge in [-0.15, -0.1) is 0 Å². The van der Waals surface area contributed by atoms with Crippen molar-refractivity contribution in [1.29, 1.82) is 0 Å². The first-order valence-corrected chi connectivity index (χ1v) is 9.07. The van der Waals surface area contributed by atoms with E-state index in [1.54, 1.807) is 18.2 Å². The highest BCUT2D eigenvalue weighted by atomic mass is 35.5. The van der Waals surface area contributed by atoms with Gasteiger partial charge in [0.1, 0.15) is 17.2 Å². The molecule has 1 heterocycles. The van der Waals surface area contributed by atoms with E-state index >= 15 is 0 Å². The molecule has 8 heteroatoms. The van der Waals surface area contributed by atoms with Gasteiger partial charge in [0.15, 0.2) is 0 Å². The smallest absolute Gasteiger partial charge is 0.274 e. The van der Waals surface area contributed by atoms with E-state index in [0.29, 0.717) is 33.9 Å². The molecule has 0 saturated carbocycles. The lowest BCUT2D eigenvalue weighted by molar-refractivity contribution is 0.102. The number of unbranched alkanes of at least 4 members (excludes halogenated alkanes) is 1. The Morgan fingerprint density at radius 2 is 1.89 bits per heavy atom. The molecular formula is C19H25ClN4O3. The van der Waals surface area contributed by atoms with Crippen LogP contribution in [-0.2, 0) is 0 Å². The van der Waals surface area contributed by atoms with Gasteiger partial charge in [-0.05, 0) is 19.4 Å². The maximum absolute atomic E-state index is 12.8. The number of aromatic nitrogens is 2. The Balaban J connectivity index is 2.29. The van der Waals surface area contributed by atoms with Gasteiger partial charge in [0.2, 0.25) is 5.95 Å². The number of benzene rings is 1. The molecule has 146 valence electrons. The molecule has 1 aromatic carbocycles. The van der Waals surface area contributed by atoms with Crippen molar-refractivity contribution < 1.29 is 14.3 Å². The van der Waals surface area contributed by atoms with Crippen LogP contribution in [0.3, 0.4) is 0 Å². The summed E-state index contributed by atoms with van der Waals surface area (Å²) in [5, 5.41) is 3.20. The molecule has 0 aliphatic rings. The monoisotopic (exact) mass is 392 g/mol.